The van der Waals surface area contributed by atoms with Gasteiger partial charge in [0.2, 0.25) is 5.91 Å². The lowest BCUT2D eigenvalue weighted by atomic mass is 10.2. The molecule has 1 unspecified atom stereocenters. The van der Waals surface area contributed by atoms with Crippen LogP contribution in [0.2, 0.25) is 0 Å². The molecule has 1 saturated heterocycles. The van der Waals surface area contributed by atoms with Crippen molar-refractivity contribution < 1.29 is 13.9 Å². The predicted octanol–water partition coefficient (Wildman–Crippen LogP) is 1.07. The van der Waals surface area contributed by atoms with Gasteiger partial charge in [-0.2, -0.15) is 0 Å². The van der Waals surface area contributed by atoms with Crippen LogP contribution in [0.25, 0.3) is 0 Å². The van der Waals surface area contributed by atoms with Gasteiger partial charge in [0.25, 0.3) is 0 Å². The third kappa shape index (κ3) is 3.65. The molecule has 6 heteroatoms. The molecule has 1 aromatic carbocycles. The van der Waals surface area contributed by atoms with E-state index >= 15 is 0 Å². The van der Waals surface area contributed by atoms with Crippen molar-refractivity contribution in [3.05, 3.63) is 24.0 Å². The van der Waals surface area contributed by atoms with Crippen LogP contribution in [0.15, 0.2) is 18.2 Å². The maximum absolute atomic E-state index is 13.5. The first kappa shape index (κ1) is 13.8. The van der Waals surface area contributed by atoms with E-state index in [2.05, 4.69) is 5.32 Å². The minimum absolute atomic E-state index is 0.118. The van der Waals surface area contributed by atoms with Crippen LogP contribution in [-0.2, 0) is 9.53 Å². The Morgan fingerprint density at radius 3 is 3.11 bits per heavy atom. The first-order valence-corrected chi connectivity index (χ1v) is 6.18. The van der Waals surface area contributed by atoms with Gasteiger partial charge in [-0.15, -0.1) is 0 Å². The monoisotopic (exact) mass is 267 g/mol. The van der Waals surface area contributed by atoms with E-state index in [1.54, 1.807) is 7.11 Å². The van der Waals surface area contributed by atoms with Crippen molar-refractivity contribution in [1.82, 2.24) is 4.90 Å². The number of hydrogen-bond acceptors (Lipinski definition) is 4. The minimum Gasteiger partial charge on any atom is -0.399 e. The van der Waals surface area contributed by atoms with E-state index in [0.29, 0.717) is 5.69 Å². The largest absolute Gasteiger partial charge is 0.399 e. The van der Waals surface area contributed by atoms with Gasteiger partial charge in [0.15, 0.2) is 0 Å². The summed E-state index contributed by atoms with van der Waals surface area (Å²) in [5, 5.41) is 2.53. The topological polar surface area (TPSA) is 67.6 Å². The average molecular weight is 267 g/mol. The number of ether oxygens (including phenoxy) is 1. The number of rotatable bonds is 4. The summed E-state index contributed by atoms with van der Waals surface area (Å²) in [6, 6.07) is 4.10. The summed E-state index contributed by atoms with van der Waals surface area (Å²) in [5.41, 5.74) is 6.09. The number of benzene rings is 1. The van der Waals surface area contributed by atoms with Gasteiger partial charge in [0.05, 0.1) is 18.3 Å². The summed E-state index contributed by atoms with van der Waals surface area (Å²) >= 11 is 0. The van der Waals surface area contributed by atoms with Crippen LogP contribution >= 0.6 is 0 Å². The summed E-state index contributed by atoms with van der Waals surface area (Å²) < 4.78 is 18.7. The maximum Gasteiger partial charge on any atom is 0.238 e. The van der Waals surface area contributed by atoms with E-state index in [4.69, 9.17) is 10.5 Å². The fraction of sp³-hybridized carbons (Fsp3) is 0.462. The zero-order valence-electron chi connectivity index (χ0n) is 10.9. The number of nitrogens with two attached hydrogens (primary N) is 1. The van der Waals surface area contributed by atoms with Gasteiger partial charge in [0.1, 0.15) is 5.82 Å². The molecule has 0 saturated carbocycles. The fourth-order valence-corrected chi connectivity index (χ4v) is 2.16. The first-order chi connectivity index (χ1) is 9.08. The number of nitrogen functional groups attached to an aromatic ring is 1. The summed E-state index contributed by atoms with van der Waals surface area (Å²) in [7, 11) is 1.66. The molecule has 1 aromatic rings. The van der Waals surface area contributed by atoms with Crippen molar-refractivity contribution in [3.8, 4) is 0 Å². The number of amides is 1. The molecule has 5 nitrogen and oxygen atoms in total. The van der Waals surface area contributed by atoms with Crippen molar-refractivity contribution in [2.45, 2.75) is 12.5 Å². The zero-order valence-corrected chi connectivity index (χ0v) is 10.9. The quantitative estimate of drug-likeness (QED) is 0.801. The molecule has 1 amide bonds. The van der Waals surface area contributed by atoms with Crippen molar-refractivity contribution in [2.75, 3.05) is 37.8 Å². The molecule has 1 heterocycles. The van der Waals surface area contributed by atoms with E-state index in [1.807, 2.05) is 4.90 Å². The molecule has 0 bridgehead atoms. The smallest absolute Gasteiger partial charge is 0.238 e. The van der Waals surface area contributed by atoms with E-state index in [1.165, 1.54) is 18.2 Å². The van der Waals surface area contributed by atoms with E-state index in [0.717, 1.165) is 19.5 Å². The van der Waals surface area contributed by atoms with Gasteiger partial charge in [-0.05, 0) is 24.6 Å². The minimum atomic E-state index is -0.487. The zero-order chi connectivity index (χ0) is 13.8. The van der Waals surface area contributed by atoms with Crippen LogP contribution < -0.4 is 11.1 Å². The van der Waals surface area contributed by atoms with E-state index in [-0.39, 0.29) is 24.2 Å². The highest BCUT2D eigenvalue weighted by Crippen LogP contribution is 2.18. The summed E-state index contributed by atoms with van der Waals surface area (Å²) in [6.07, 6.45) is 1.09. The van der Waals surface area contributed by atoms with Crippen LogP contribution in [0.4, 0.5) is 15.8 Å². The standard InChI is InChI=1S/C13H18FN3O2/c1-19-10-4-5-17(7-10)8-13(18)16-12-6-9(15)2-3-11(12)14/h2-3,6,10H,4-5,7-8,15H2,1H3,(H,16,18). The van der Waals surface area contributed by atoms with E-state index in [9.17, 15) is 9.18 Å². The summed E-state index contributed by atoms with van der Waals surface area (Å²) in [6.45, 7) is 1.77. The predicted molar refractivity (Wildman–Crippen MR) is 71.3 cm³/mol. The fourth-order valence-electron chi connectivity index (χ4n) is 2.16. The molecule has 1 fully saturated rings. The highest BCUT2D eigenvalue weighted by molar-refractivity contribution is 5.92. The average Bonchev–Trinajstić information content (AvgIpc) is 2.81. The number of nitrogens with zero attached hydrogens (tertiary/aromatic N) is 1. The summed E-state index contributed by atoms with van der Waals surface area (Å²) in [4.78, 5) is 13.8. The maximum atomic E-state index is 13.5. The lowest BCUT2D eigenvalue weighted by molar-refractivity contribution is -0.117. The second-order valence-corrected chi connectivity index (χ2v) is 4.67. The Kier molecular flexibility index (Phi) is 4.34. The molecule has 0 spiro atoms. The number of nitrogens with one attached hydrogen (secondary N) is 1. The number of carbonyl (C=O) groups is 1. The van der Waals surface area contributed by atoms with Crippen LogP contribution in [0.1, 0.15) is 6.42 Å². The normalized spacial score (nSPS) is 19.6. The van der Waals surface area contributed by atoms with Gasteiger partial charge < -0.3 is 15.8 Å². The van der Waals surface area contributed by atoms with Gasteiger partial charge in [-0.1, -0.05) is 0 Å². The van der Waals surface area contributed by atoms with Crippen molar-refractivity contribution in [1.29, 1.82) is 0 Å². The molecule has 3 N–H and O–H groups in total. The third-order valence-electron chi connectivity index (χ3n) is 3.19. The molecular formula is C13H18FN3O2. The first-order valence-electron chi connectivity index (χ1n) is 6.18. The lowest BCUT2D eigenvalue weighted by Crippen LogP contribution is -2.32. The number of anilines is 2. The molecule has 0 aliphatic carbocycles. The van der Waals surface area contributed by atoms with Gasteiger partial charge in [-0.25, -0.2) is 4.39 Å². The molecule has 104 valence electrons. The number of methoxy groups -OCH3 is 1. The number of hydrogen-bond donors (Lipinski definition) is 2. The Labute approximate surface area is 111 Å². The molecular weight excluding hydrogens is 249 g/mol. The number of halogens is 1. The van der Waals surface area contributed by atoms with Gasteiger partial charge in [-0.3, -0.25) is 9.69 Å². The Balaban J connectivity index is 1.89. The highest BCUT2D eigenvalue weighted by atomic mass is 19.1. The Morgan fingerprint density at radius 1 is 1.63 bits per heavy atom. The molecule has 1 aliphatic heterocycles. The van der Waals surface area contributed by atoms with Gasteiger partial charge in [0, 0.05) is 25.9 Å². The van der Waals surface area contributed by atoms with E-state index < -0.39 is 5.82 Å². The summed E-state index contributed by atoms with van der Waals surface area (Å²) in [5.74, 6) is -0.736. The van der Waals surface area contributed by atoms with Crippen LogP contribution in [0.5, 0.6) is 0 Å². The second kappa shape index (κ2) is 5.99. The molecule has 19 heavy (non-hydrogen) atoms. The Hall–Kier alpha value is -1.66. The number of likely N-dealkylation sites (tertiary alicyclic amines) is 1. The van der Waals surface area contributed by atoms with Crippen LogP contribution in [0.3, 0.4) is 0 Å². The van der Waals surface area contributed by atoms with Crippen LogP contribution in [-0.4, -0.2) is 43.7 Å². The molecule has 1 aliphatic rings. The van der Waals surface area contributed by atoms with Crippen molar-refractivity contribution in [3.63, 3.8) is 0 Å². The highest BCUT2D eigenvalue weighted by Gasteiger charge is 2.23. The third-order valence-corrected chi connectivity index (χ3v) is 3.19. The molecule has 0 radical (unpaired) electrons. The van der Waals surface area contributed by atoms with Crippen LogP contribution in [0, 0.1) is 5.82 Å². The SMILES string of the molecule is COC1CCN(CC(=O)Nc2cc(N)ccc2F)C1. The number of carbonyl (C=O) groups excluding carboxylic acids is 1. The Bertz CT molecular complexity index is 467. The molecule has 2 rings (SSSR count). The van der Waals surface area contributed by atoms with Crippen molar-refractivity contribution >= 4 is 17.3 Å². The lowest BCUT2D eigenvalue weighted by Gasteiger charge is -2.15. The second-order valence-electron chi connectivity index (χ2n) is 4.67. The van der Waals surface area contributed by atoms with Gasteiger partial charge >= 0.3 is 0 Å². The Morgan fingerprint density at radius 2 is 2.42 bits per heavy atom. The molecule has 0 aromatic heterocycles. The molecule has 1 atom stereocenters. The van der Waals surface area contributed by atoms with Crippen molar-refractivity contribution in [2.24, 2.45) is 0 Å².